The summed E-state index contributed by atoms with van der Waals surface area (Å²) in [5, 5.41) is 8.00. The van der Waals surface area contributed by atoms with E-state index < -0.39 is 0 Å². The van der Waals surface area contributed by atoms with Gasteiger partial charge in [0.25, 0.3) is 0 Å². The smallest absolute Gasteiger partial charge is 0.225 e. The van der Waals surface area contributed by atoms with E-state index in [9.17, 15) is 0 Å². The maximum absolute atomic E-state index is 4.68. The van der Waals surface area contributed by atoms with Gasteiger partial charge in [-0.05, 0) is 43.7 Å². The Kier molecular flexibility index (Phi) is 3.95. The van der Waals surface area contributed by atoms with E-state index in [0.29, 0.717) is 17.9 Å². The minimum atomic E-state index is 0.507. The topological polar surface area (TPSA) is 49.8 Å². The summed E-state index contributed by atoms with van der Waals surface area (Å²) in [6, 6.07) is 8.72. The average molecular weight is 284 g/mol. The van der Waals surface area contributed by atoms with Gasteiger partial charge in [0.2, 0.25) is 5.95 Å². The fraction of sp³-hybridized carbons (Fsp3) is 0.529. The molecule has 0 bridgehead atoms. The van der Waals surface area contributed by atoms with Gasteiger partial charge >= 0.3 is 0 Å². The number of fused-ring (bicyclic) bond motifs is 1. The molecular formula is C17H24N4. The van der Waals surface area contributed by atoms with Gasteiger partial charge in [-0.2, -0.15) is 4.98 Å². The number of nitrogens with one attached hydrogen (secondary N) is 2. The van der Waals surface area contributed by atoms with Crippen LogP contribution in [0.25, 0.3) is 10.9 Å². The zero-order chi connectivity index (χ0) is 14.8. The van der Waals surface area contributed by atoms with Crippen molar-refractivity contribution in [3.63, 3.8) is 0 Å². The molecule has 2 aromatic rings. The normalized spacial score (nSPS) is 25.2. The van der Waals surface area contributed by atoms with Crippen LogP contribution in [-0.4, -0.2) is 22.6 Å². The van der Waals surface area contributed by atoms with Crippen LogP contribution in [0, 0.1) is 11.8 Å². The predicted molar refractivity (Wildman–Crippen MR) is 88.7 cm³/mol. The Morgan fingerprint density at radius 2 is 1.95 bits per heavy atom. The van der Waals surface area contributed by atoms with Crippen molar-refractivity contribution in [2.75, 3.05) is 17.2 Å². The highest BCUT2D eigenvalue weighted by Crippen LogP contribution is 2.34. The van der Waals surface area contributed by atoms with Crippen LogP contribution < -0.4 is 10.6 Å². The molecule has 3 rings (SSSR count). The third-order valence-electron chi connectivity index (χ3n) is 4.73. The highest BCUT2D eigenvalue weighted by Gasteiger charge is 2.30. The molecule has 0 saturated heterocycles. The fourth-order valence-corrected chi connectivity index (χ4v) is 3.17. The maximum atomic E-state index is 4.68. The van der Waals surface area contributed by atoms with E-state index in [-0.39, 0.29) is 0 Å². The number of rotatable bonds is 4. The molecule has 3 unspecified atom stereocenters. The summed E-state index contributed by atoms with van der Waals surface area (Å²) in [6.45, 7) is 7.57. The number of benzene rings is 1. The molecular weight excluding hydrogens is 260 g/mol. The number of para-hydroxylation sites is 1. The molecule has 1 aliphatic carbocycles. The van der Waals surface area contributed by atoms with E-state index in [1.54, 1.807) is 0 Å². The molecule has 0 radical (unpaired) electrons. The van der Waals surface area contributed by atoms with Crippen LogP contribution in [0.15, 0.2) is 24.3 Å². The van der Waals surface area contributed by atoms with Gasteiger partial charge in [-0.25, -0.2) is 4.98 Å². The lowest BCUT2D eigenvalue weighted by Crippen LogP contribution is -2.25. The first-order chi connectivity index (χ1) is 10.2. The maximum Gasteiger partial charge on any atom is 0.225 e. The number of nitrogens with zero attached hydrogens (tertiary/aromatic N) is 2. The van der Waals surface area contributed by atoms with Gasteiger partial charge in [-0.3, -0.25) is 0 Å². The lowest BCUT2D eigenvalue weighted by atomic mass is 9.98. The molecule has 3 atom stereocenters. The molecule has 0 amide bonds. The number of hydrogen-bond donors (Lipinski definition) is 2. The van der Waals surface area contributed by atoms with Crippen molar-refractivity contribution in [2.45, 2.75) is 39.7 Å². The zero-order valence-electron chi connectivity index (χ0n) is 13.1. The molecule has 4 nitrogen and oxygen atoms in total. The van der Waals surface area contributed by atoms with Crippen LogP contribution in [0.3, 0.4) is 0 Å². The zero-order valence-corrected chi connectivity index (χ0v) is 13.1. The number of hydrogen-bond acceptors (Lipinski definition) is 4. The van der Waals surface area contributed by atoms with Gasteiger partial charge < -0.3 is 10.6 Å². The van der Waals surface area contributed by atoms with Crippen molar-refractivity contribution >= 4 is 22.7 Å². The van der Waals surface area contributed by atoms with Crippen LogP contribution >= 0.6 is 0 Å². The summed E-state index contributed by atoms with van der Waals surface area (Å²) in [5.74, 6) is 3.13. The molecule has 4 heteroatoms. The molecule has 1 saturated carbocycles. The molecule has 1 heterocycles. The second kappa shape index (κ2) is 5.88. The summed E-state index contributed by atoms with van der Waals surface area (Å²) < 4.78 is 0. The van der Waals surface area contributed by atoms with Crippen LogP contribution in [0.1, 0.15) is 33.6 Å². The van der Waals surface area contributed by atoms with Gasteiger partial charge in [0.05, 0.1) is 5.52 Å². The Labute approximate surface area is 126 Å². The van der Waals surface area contributed by atoms with E-state index in [1.807, 2.05) is 18.2 Å². The van der Waals surface area contributed by atoms with Crippen LogP contribution in [-0.2, 0) is 0 Å². The standard InChI is InChI=1S/C17H24N4/c1-4-18-17-20-15-8-6-5-7-13(15)16(21-17)19-14-10-9-11(2)12(14)3/h5-8,11-12,14H,4,9-10H2,1-3H3,(H2,18,19,20,21). The fourth-order valence-electron chi connectivity index (χ4n) is 3.17. The SMILES string of the molecule is CCNc1nc(NC2CCC(C)C2C)c2ccccc2n1. The largest absolute Gasteiger partial charge is 0.366 e. The molecule has 2 N–H and O–H groups in total. The third-order valence-corrected chi connectivity index (χ3v) is 4.73. The lowest BCUT2D eigenvalue weighted by molar-refractivity contribution is 0.435. The van der Waals surface area contributed by atoms with Gasteiger partial charge in [0.15, 0.2) is 0 Å². The van der Waals surface area contributed by atoms with Gasteiger partial charge in [0, 0.05) is 18.0 Å². The van der Waals surface area contributed by atoms with Crippen molar-refractivity contribution in [3.05, 3.63) is 24.3 Å². The van der Waals surface area contributed by atoms with E-state index in [4.69, 9.17) is 0 Å². The Morgan fingerprint density at radius 1 is 1.14 bits per heavy atom. The third kappa shape index (κ3) is 2.80. The quantitative estimate of drug-likeness (QED) is 0.893. The second-order valence-electron chi connectivity index (χ2n) is 6.11. The number of aromatic nitrogens is 2. The van der Waals surface area contributed by atoms with Crippen LogP contribution in [0.5, 0.6) is 0 Å². The Hall–Kier alpha value is -1.84. The van der Waals surface area contributed by atoms with Crippen molar-refractivity contribution in [3.8, 4) is 0 Å². The number of anilines is 2. The minimum absolute atomic E-state index is 0.507. The molecule has 0 aliphatic heterocycles. The van der Waals surface area contributed by atoms with Crippen LogP contribution in [0.4, 0.5) is 11.8 Å². The Bertz CT molecular complexity index is 625. The molecule has 1 aliphatic rings. The van der Waals surface area contributed by atoms with Crippen molar-refractivity contribution in [1.82, 2.24) is 9.97 Å². The summed E-state index contributed by atoms with van der Waals surface area (Å²) in [4.78, 5) is 9.25. The monoisotopic (exact) mass is 284 g/mol. The van der Waals surface area contributed by atoms with E-state index in [1.165, 1.54) is 12.8 Å². The van der Waals surface area contributed by atoms with Gasteiger partial charge in [0.1, 0.15) is 5.82 Å². The first kappa shape index (κ1) is 14.1. The van der Waals surface area contributed by atoms with E-state index >= 15 is 0 Å². The van der Waals surface area contributed by atoms with Gasteiger partial charge in [-0.1, -0.05) is 26.0 Å². The van der Waals surface area contributed by atoms with Crippen molar-refractivity contribution in [2.24, 2.45) is 11.8 Å². The Morgan fingerprint density at radius 3 is 2.67 bits per heavy atom. The molecule has 1 fully saturated rings. The van der Waals surface area contributed by atoms with E-state index in [2.05, 4.69) is 47.4 Å². The molecule has 0 spiro atoms. The van der Waals surface area contributed by atoms with Gasteiger partial charge in [-0.15, -0.1) is 0 Å². The van der Waals surface area contributed by atoms with E-state index in [0.717, 1.165) is 29.2 Å². The summed E-state index contributed by atoms with van der Waals surface area (Å²) in [6.07, 6.45) is 2.51. The average Bonchev–Trinajstić information content (AvgIpc) is 2.80. The lowest BCUT2D eigenvalue weighted by Gasteiger charge is -2.21. The first-order valence-corrected chi connectivity index (χ1v) is 7.96. The minimum Gasteiger partial charge on any atom is -0.366 e. The summed E-state index contributed by atoms with van der Waals surface area (Å²) >= 11 is 0. The molecule has 1 aromatic heterocycles. The Balaban J connectivity index is 1.96. The van der Waals surface area contributed by atoms with Crippen molar-refractivity contribution in [1.29, 1.82) is 0 Å². The highest BCUT2D eigenvalue weighted by molar-refractivity contribution is 5.90. The molecule has 112 valence electrons. The molecule has 1 aromatic carbocycles. The summed E-state index contributed by atoms with van der Waals surface area (Å²) in [7, 11) is 0. The van der Waals surface area contributed by atoms with Crippen LogP contribution in [0.2, 0.25) is 0 Å². The predicted octanol–water partition coefficient (Wildman–Crippen LogP) is 3.91. The first-order valence-electron chi connectivity index (χ1n) is 7.96. The van der Waals surface area contributed by atoms with Crippen molar-refractivity contribution < 1.29 is 0 Å². The summed E-state index contributed by atoms with van der Waals surface area (Å²) in [5.41, 5.74) is 0.990. The molecule has 21 heavy (non-hydrogen) atoms. The second-order valence-corrected chi connectivity index (χ2v) is 6.11. The highest BCUT2D eigenvalue weighted by atomic mass is 15.1.